The first kappa shape index (κ1) is 27.8. The van der Waals surface area contributed by atoms with Gasteiger partial charge in [-0.15, -0.1) is 0 Å². The fraction of sp³-hybridized carbons (Fsp3) is 1.00. The molecule has 0 spiro atoms. The molecule has 5 atom stereocenters. The van der Waals surface area contributed by atoms with Crippen LogP contribution in [0.2, 0.25) is 0 Å². The highest BCUT2D eigenvalue weighted by Gasteiger charge is 2.44. The Morgan fingerprint density at radius 2 is 1.07 bits per heavy atom. The Bertz CT molecular complexity index is 381. The molecule has 180 valence electrons. The fourth-order valence-corrected chi connectivity index (χ4v) is 4.12. The van der Waals surface area contributed by atoms with Gasteiger partial charge in [0, 0.05) is 6.61 Å². The predicted molar refractivity (Wildman–Crippen MR) is 119 cm³/mol. The maximum atomic E-state index is 10.0. The van der Waals surface area contributed by atoms with Crippen molar-refractivity contribution >= 4 is 0 Å². The lowest BCUT2D eigenvalue weighted by atomic mass is 9.99. The zero-order valence-corrected chi connectivity index (χ0v) is 19.2. The van der Waals surface area contributed by atoms with Crippen LogP contribution in [0, 0.1) is 0 Å². The molecule has 1 fully saturated rings. The molecule has 1 unspecified atom stereocenters. The Morgan fingerprint density at radius 1 is 0.633 bits per heavy atom. The van der Waals surface area contributed by atoms with Gasteiger partial charge in [-0.3, -0.25) is 0 Å². The summed E-state index contributed by atoms with van der Waals surface area (Å²) < 4.78 is 10.6. The molecule has 0 aromatic carbocycles. The molecule has 1 rings (SSSR count). The number of hydrogen-bond donors (Lipinski definition) is 4. The Kier molecular flexibility index (Phi) is 17.0. The predicted octanol–water partition coefficient (Wildman–Crippen LogP) is 4.06. The van der Waals surface area contributed by atoms with E-state index in [-0.39, 0.29) is 0 Å². The molecule has 6 heteroatoms. The summed E-state index contributed by atoms with van der Waals surface area (Å²) in [6, 6.07) is 0. The molecule has 0 saturated carbocycles. The third-order valence-corrected chi connectivity index (χ3v) is 6.15. The van der Waals surface area contributed by atoms with Crippen molar-refractivity contribution in [3.8, 4) is 0 Å². The van der Waals surface area contributed by atoms with E-state index in [2.05, 4.69) is 6.92 Å². The first-order chi connectivity index (χ1) is 14.6. The summed E-state index contributed by atoms with van der Waals surface area (Å²) in [5, 5.41) is 38.8. The van der Waals surface area contributed by atoms with Crippen molar-refractivity contribution < 1.29 is 29.9 Å². The number of ether oxygens (including phenoxy) is 2. The van der Waals surface area contributed by atoms with E-state index >= 15 is 0 Å². The second kappa shape index (κ2) is 18.3. The van der Waals surface area contributed by atoms with Crippen LogP contribution in [-0.4, -0.2) is 64.3 Å². The normalized spacial score (nSPS) is 26.9. The number of aliphatic hydroxyl groups excluding tert-OH is 4. The van der Waals surface area contributed by atoms with Crippen LogP contribution < -0.4 is 0 Å². The summed E-state index contributed by atoms with van der Waals surface area (Å²) in [5.74, 6) is 0. The van der Waals surface area contributed by atoms with Gasteiger partial charge in [0.25, 0.3) is 0 Å². The summed E-state index contributed by atoms with van der Waals surface area (Å²) in [6.45, 7) is 2.22. The Labute approximate surface area is 184 Å². The molecule has 0 aromatic rings. The third-order valence-electron chi connectivity index (χ3n) is 6.15. The van der Waals surface area contributed by atoms with E-state index in [4.69, 9.17) is 14.6 Å². The average molecular weight is 433 g/mol. The minimum absolute atomic E-state index is 0.414. The van der Waals surface area contributed by atoms with E-state index < -0.39 is 37.3 Å². The van der Waals surface area contributed by atoms with Crippen molar-refractivity contribution in [3.05, 3.63) is 0 Å². The van der Waals surface area contributed by atoms with Gasteiger partial charge in [-0.25, -0.2) is 0 Å². The van der Waals surface area contributed by atoms with Gasteiger partial charge in [0.1, 0.15) is 24.4 Å². The molecule has 1 saturated heterocycles. The number of aliphatic hydroxyl groups is 4. The molecular formula is C24H48O6. The summed E-state index contributed by atoms with van der Waals surface area (Å²) in [6.07, 6.45) is 15.0. The molecule has 0 aromatic heterocycles. The maximum Gasteiger partial charge on any atom is 0.184 e. The van der Waals surface area contributed by atoms with E-state index in [0.717, 1.165) is 12.8 Å². The lowest BCUT2D eigenvalue weighted by Crippen LogP contribution is -2.59. The van der Waals surface area contributed by atoms with Crippen molar-refractivity contribution in [2.45, 2.75) is 140 Å². The zero-order chi connectivity index (χ0) is 22.0. The van der Waals surface area contributed by atoms with Crippen LogP contribution >= 0.6 is 0 Å². The lowest BCUT2D eigenvalue weighted by molar-refractivity contribution is -0.296. The van der Waals surface area contributed by atoms with Gasteiger partial charge in [-0.05, 0) is 6.42 Å². The van der Waals surface area contributed by atoms with Crippen LogP contribution in [-0.2, 0) is 9.47 Å². The SMILES string of the molecule is CCCCCCCCCCCCCCCCCCO[C@H]1C(O)O[C@H](CO)[C@@H](O)[C@@H]1O. The van der Waals surface area contributed by atoms with Gasteiger partial charge in [0.15, 0.2) is 6.29 Å². The van der Waals surface area contributed by atoms with E-state index in [1.165, 1.54) is 89.9 Å². The highest BCUT2D eigenvalue weighted by atomic mass is 16.7. The van der Waals surface area contributed by atoms with Crippen molar-refractivity contribution in [1.82, 2.24) is 0 Å². The Hall–Kier alpha value is -0.240. The summed E-state index contributed by atoms with van der Waals surface area (Å²) in [4.78, 5) is 0. The van der Waals surface area contributed by atoms with Gasteiger partial charge in [-0.1, -0.05) is 103 Å². The standard InChI is InChI=1S/C24H48O6/c1-2-3-4-5-6-7-8-9-10-11-12-13-14-15-16-17-18-29-23-22(27)21(26)20(19-25)30-24(23)28/h20-28H,2-19H2,1H3/t20-,21-,22+,23-,24?/m1/s1. The van der Waals surface area contributed by atoms with Gasteiger partial charge < -0.3 is 29.9 Å². The van der Waals surface area contributed by atoms with Crippen LogP contribution in [0.15, 0.2) is 0 Å². The summed E-state index contributed by atoms with van der Waals surface area (Å²) in [7, 11) is 0. The molecule has 0 aliphatic carbocycles. The first-order valence-electron chi connectivity index (χ1n) is 12.5. The minimum atomic E-state index is -1.33. The molecule has 0 radical (unpaired) electrons. The summed E-state index contributed by atoms with van der Waals surface area (Å²) in [5.41, 5.74) is 0. The number of unbranched alkanes of at least 4 members (excludes halogenated alkanes) is 15. The van der Waals surface area contributed by atoms with Crippen LogP contribution in [0.1, 0.15) is 110 Å². The highest BCUT2D eigenvalue weighted by Crippen LogP contribution is 2.22. The van der Waals surface area contributed by atoms with E-state index in [0.29, 0.717) is 6.61 Å². The number of rotatable bonds is 19. The largest absolute Gasteiger partial charge is 0.394 e. The van der Waals surface area contributed by atoms with Crippen LogP contribution in [0.3, 0.4) is 0 Å². The third kappa shape index (κ3) is 12.0. The molecular weight excluding hydrogens is 384 g/mol. The Balaban J connectivity index is 1.86. The van der Waals surface area contributed by atoms with Crippen LogP contribution in [0.5, 0.6) is 0 Å². The second-order valence-corrected chi connectivity index (χ2v) is 8.87. The van der Waals surface area contributed by atoms with Gasteiger partial charge >= 0.3 is 0 Å². The van der Waals surface area contributed by atoms with Crippen molar-refractivity contribution in [3.63, 3.8) is 0 Å². The molecule has 1 heterocycles. The monoisotopic (exact) mass is 432 g/mol. The van der Waals surface area contributed by atoms with Gasteiger partial charge in [-0.2, -0.15) is 0 Å². The van der Waals surface area contributed by atoms with Crippen molar-refractivity contribution in [1.29, 1.82) is 0 Å². The maximum absolute atomic E-state index is 10.0. The Morgan fingerprint density at radius 3 is 1.50 bits per heavy atom. The van der Waals surface area contributed by atoms with Crippen LogP contribution in [0.25, 0.3) is 0 Å². The molecule has 0 bridgehead atoms. The smallest absolute Gasteiger partial charge is 0.184 e. The van der Waals surface area contributed by atoms with E-state index in [9.17, 15) is 15.3 Å². The van der Waals surface area contributed by atoms with E-state index in [1.807, 2.05) is 0 Å². The molecule has 30 heavy (non-hydrogen) atoms. The fourth-order valence-electron chi connectivity index (χ4n) is 4.12. The quantitative estimate of drug-likeness (QED) is 0.230. The van der Waals surface area contributed by atoms with Crippen molar-refractivity contribution in [2.24, 2.45) is 0 Å². The molecule has 1 aliphatic heterocycles. The number of hydrogen-bond acceptors (Lipinski definition) is 6. The summed E-state index contributed by atoms with van der Waals surface area (Å²) >= 11 is 0. The highest BCUT2D eigenvalue weighted by molar-refractivity contribution is 4.89. The molecule has 0 amide bonds. The van der Waals surface area contributed by atoms with E-state index in [1.54, 1.807) is 0 Å². The molecule has 4 N–H and O–H groups in total. The molecule has 6 nitrogen and oxygen atoms in total. The minimum Gasteiger partial charge on any atom is -0.394 e. The van der Waals surface area contributed by atoms with Crippen LogP contribution in [0.4, 0.5) is 0 Å². The topological polar surface area (TPSA) is 99.4 Å². The van der Waals surface area contributed by atoms with Crippen molar-refractivity contribution in [2.75, 3.05) is 13.2 Å². The first-order valence-corrected chi connectivity index (χ1v) is 12.5. The van der Waals surface area contributed by atoms with Gasteiger partial charge in [0.2, 0.25) is 0 Å². The second-order valence-electron chi connectivity index (χ2n) is 8.87. The lowest BCUT2D eigenvalue weighted by Gasteiger charge is -2.39. The zero-order valence-electron chi connectivity index (χ0n) is 19.2. The molecule has 1 aliphatic rings. The average Bonchev–Trinajstić information content (AvgIpc) is 2.74. The van der Waals surface area contributed by atoms with Gasteiger partial charge in [0.05, 0.1) is 6.61 Å².